The van der Waals surface area contributed by atoms with Crippen molar-refractivity contribution in [3.63, 3.8) is 0 Å². The van der Waals surface area contributed by atoms with Gasteiger partial charge < -0.3 is 9.15 Å². The van der Waals surface area contributed by atoms with Gasteiger partial charge in [0, 0.05) is 6.20 Å². The molecule has 0 aliphatic heterocycles. The van der Waals surface area contributed by atoms with E-state index in [9.17, 15) is 4.79 Å². The van der Waals surface area contributed by atoms with Crippen molar-refractivity contribution in [2.24, 2.45) is 0 Å². The van der Waals surface area contributed by atoms with E-state index in [1.807, 2.05) is 66.9 Å². The third-order valence-corrected chi connectivity index (χ3v) is 4.44. The van der Waals surface area contributed by atoms with E-state index in [0.717, 1.165) is 11.2 Å². The van der Waals surface area contributed by atoms with Crippen LogP contribution in [0.4, 0.5) is 0 Å². The number of hydrogen-bond donors (Lipinski definition) is 0. The van der Waals surface area contributed by atoms with Gasteiger partial charge in [-0.1, -0.05) is 42.1 Å². The number of carbonyl (C=O) groups excluding carboxylic acids is 1. The molecular weight excluding hydrogens is 350 g/mol. The molecule has 0 bridgehead atoms. The fourth-order valence-electron chi connectivity index (χ4n) is 2.39. The smallest absolute Gasteiger partial charge is 0.316 e. The number of benzene rings is 2. The van der Waals surface area contributed by atoms with Gasteiger partial charge in [-0.3, -0.25) is 4.79 Å². The lowest BCUT2D eigenvalue weighted by atomic mass is 10.3. The average molecular weight is 365 g/mol. The number of ether oxygens (including phenoxy) is 1. The molecule has 0 saturated carbocycles. The van der Waals surface area contributed by atoms with Crippen molar-refractivity contribution in [1.82, 2.24) is 14.8 Å². The molecule has 0 radical (unpaired) electrons. The first-order valence-electron chi connectivity index (χ1n) is 8.02. The molecule has 0 N–H and O–H groups in total. The summed E-state index contributed by atoms with van der Waals surface area (Å²) in [6, 6.07) is 19.1. The van der Waals surface area contributed by atoms with E-state index in [-0.39, 0.29) is 18.3 Å². The summed E-state index contributed by atoms with van der Waals surface area (Å²) in [4.78, 5) is 16.2. The van der Waals surface area contributed by atoms with Gasteiger partial charge in [-0.05, 0) is 30.3 Å². The number of fused-ring (bicyclic) bond motifs is 1. The largest absolute Gasteiger partial charge is 0.458 e. The lowest BCUT2D eigenvalue weighted by Gasteiger charge is -2.02. The number of hydrogen-bond acceptors (Lipinski definition) is 6. The van der Waals surface area contributed by atoms with E-state index in [1.54, 1.807) is 4.68 Å². The molecule has 2 heterocycles. The third kappa shape index (κ3) is 3.78. The summed E-state index contributed by atoms with van der Waals surface area (Å²) >= 11 is 1.21. The van der Waals surface area contributed by atoms with Crippen LogP contribution in [-0.4, -0.2) is 26.5 Å². The summed E-state index contributed by atoms with van der Waals surface area (Å²) in [5.74, 6) is -0.210. The van der Waals surface area contributed by atoms with Gasteiger partial charge in [0.25, 0.3) is 5.22 Å². The van der Waals surface area contributed by atoms with Gasteiger partial charge >= 0.3 is 5.97 Å². The van der Waals surface area contributed by atoms with Crippen LogP contribution in [0.1, 0.15) is 5.69 Å². The van der Waals surface area contributed by atoms with Crippen molar-refractivity contribution in [1.29, 1.82) is 0 Å². The fraction of sp³-hybridized carbons (Fsp3) is 0.105. The second-order valence-corrected chi connectivity index (χ2v) is 6.41. The Labute approximate surface area is 153 Å². The van der Waals surface area contributed by atoms with Crippen LogP contribution >= 0.6 is 11.8 Å². The Morgan fingerprint density at radius 3 is 2.73 bits per heavy atom. The normalized spacial score (nSPS) is 10.9. The maximum absolute atomic E-state index is 11.9. The van der Waals surface area contributed by atoms with E-state index < -0.39 is 0 Å². The number of rotatable bonds is 6. The van der Waals surface area contributed by atoms with Crippen molar-refractivity contribution in [2.75, 3.05) is 5.75 Å². The molecule has 0 fully saturated rings. The van der Waals surface area contributed by atoms with Gasteiger partial charge in [-0.25, -0.2) is 9.67 Å². The molecule has 6 nitrogen and oxygen atoms in total. The molecule has 0 aliphatic rings. The lowest BCUT2D eigenvalue weighted by molar-refractivity contribution is -0.141. The summed E-state index contributed by atoms with van der Waals surface area (Å²) < 4.78 is 12.6. The van der Waals surface area contributed by atoms with Crippen LogP contribution in [0.3, 0.4) is 0 Å². The number of aromatic nitrogens is 3. The molecule has 0 amide bonds. The maximum Gasteiger partial charge on any atom is 0.316 e. The highest BCUT2D eigenvalue weighted by Gasteiger charge is 2.11. The van der Waals surface area contributed by atoms with Gasteiger partial charge in [0.2, 0.25) is 0 Å². The molecule has 0 saturated heterocycles. The molecule has 7 heteroatoms. The minimum absolute atomic E-state index is 0.131. The second-order valence-electron chi connectivity index (χ2n) is 5.48. The molecule has 0 atom stereocenters. The highest BCUT2D eigenvalue weighted by Crippen LogP contribution is 2.23. The highest BCUT2D eigenvalue weighted by atomic mass is 32.2. The Kier molecular flexibility index (Phi) is 4.70. The number of carbonyl (C=O) groups is 1. The molecule has 4 rings (SSSR count). The standard InChI is InChI=1S/C19H15N3O3S/c23-18(13-26-19-20-16-8-4-5-9-17(16)25-19)24-12-14-10-11-22(21-14)15-6-2-1-3-7-15/h1-11H,12-13H2. The van der Waals surface area contributed by atoms with Crippen molar-refractivity contribution >= 4 is 28.8 Å². The molecule has 130 valence electrons. The predicted molar refractivity (Wildman–Crippen MR) is 98.1 cm³/mol. The molecule has 0 aliphatic carbocycles. The summed E-state index contributed by atoms with van der Waals surface area (Å²) in [7, 11) is 0. The van der Waals surface area contributed by atoms with E-state index in [4.69, 9.17) is 9.15 Å². The number of esters is 1. The zero-order chi connectivity index (χ0) is 17.8. The SMILES string of the molecule is O=C(CSc1nc2ccccc2o1)OCc1ccn(-c2ccccc2)n1. The van der Waals surface area contributed by atoms with Crippen LogP contribution in [-0.2, 0) is 16.1 Å². The van der Waals surface area contributed by atoms with Crippen LogP contribution in [0.15, 0.2) is 76.5 Å². The van der Waals surface area contributed by atoms with Crippen molar-refractivity contribution in [3.8, 4) is 5.69 Å². The van der Waals surface area contributed by atoms with Crippen molar-refractivity contribution < 1.29 is 13.9 Å². The van der Waals surface area contributed by atoms with Gasteiger partial charge in [0.1, 0.15) is 23.6 Å². The number of thioether (sulfide) groups is 1. The molecule has 0 unspecified atom stereocenters. The zero-order valence-corrected chi connectivity index (χ0v) is 14.6. The number of para-hydroxylation sites is 3. The van der Waals surface area contributed by atoms with Crippen LogP contribution in [0.2, 0.25) is 0 Å². The zero-order valence-electron chi connectivity index (χ0n) is 13.7. The van der Waals surface area contributed by atoms with E-state index >= 15 is 0 Å². The third-order valence-electron chi connectivity index (χ3n) is 3.63. The number of nitrogens with zero attached hydrogens (tertiary/aromatic N) is 3. The minimum atomic E-state index is -0.341. The molecule has 4 aromatic rings. The molecule has 2 aromatic carbocycles. The van der Waals surface area contributed by atoms with E-state index in [1.165, 1.54) is 11.8 Å². The van der Waals surface area contributed by atoms with Crippen molar-refractivity contribution in [3.05, 3.63) is 72.6 Å². The summed E-state index contributed by atoms with van der Waals surface area (Å²) in [6.45, 7) is 0.132. The Bertz CT molecular complexity index is 994. The van der Waals surface area contributed by atoms with Crippen LogP contribution in [0, 0.1) is 0 Å². The molecule has 0 spiro atoms. The number of oxazole rings is 1. The van der Waals surface area contributed by atoms with Gasteiger partial charge in [0.05, 0.1) is 5.69 Å². The van der Waals surface area contributed by atoms with E-state index in [0.29, 0.717) is 16.5 Å². The topological polar surface area (TPSA) is 70.2 Å². The fourth-order valence-corrected chi connectivity index (χ4v) is 3.03. The Morgan fingerprint density at radius 1 is 1.08 bits per heavy atom. The van der Waals surface area contributed by atoms with Crippen LogP contribution < -0.4 is 0 Å². The first-order valence-corrected chi connectivity index (χ1v) is 9.00. The van der Waals surface area contributed by atoms with Crippen molar-refractivity contribution in [2.45, 2.75) is 11.8 Å². The van der Waals surface area contributed by atoms with Crippen LogP contribution in [0.25, 0.3) is 16.8 Å². The monoisotopic (exact) mass is 365 g/mol. The molecule has 26 heavy (non-hydrogen) atoms. The maximum atomic E-state index is 11.9. The summed E-state index contributed by atoms with van der Waals surface area (Å²) in [6.07, 6.45) is 1.84. The lowest BCUT2D eigenvalue weighted by Crippen LogP contribution is -2.08. The summed E-state index contributed by atoms with van der Waals surface area (Å²) in [5, 5.41) is 4.86. The Balaban J connectivity index is 1.29. The Morgan fingerprint density at radius 2 is 1.88 bits per heavy atom. The first-order chi connectivity index (χ1) is 12.8. The molecule has 2 aromatic heterocycles. The van der Waals surface area contributed by atoms with Gasteiger partial charge in [0.15, 0.2) is 5.58 Å². The minimum Gasteiger partial charge on any atom is -0.458 e. The Hall–Kier alpha value is -3.06. The average Bonchev–Trinajstić information content (AvgIpc) is 3.32. The highest BCUT2D eigenvalue weighted by molar-refractivity contribution is 7.99. The van der Waals surface area contributed by atoms with Gasteiger partial charge in [-0.2, -0.15) is 5.10 Å². The second kappa shape index (κ2) is 7.45. The van der Waals surface area contributed by atoms with E-state index in [2.05, 4.69) is 10.1 Å². The summed E-state index contributed by atoms with van der Waals surface area (Å²) in [5.41, 5.74) is 3.12. The quantitative estimate of drug-likeness (QED) is 0.382. The molecular formula is C19H15N3O3S. The van der Waals surface area contributed by atoms with Crippen LogP contribution in [0.5, 0.6) is 0 Å². The predicted octanol–water partition coefficient (Wildman–Crippen LogP) is 3.85. The van der Waals surface area contributed by atoms with Gasteiger partial charge in [-0.15, -0.1) is 0 Å². The first kappa shape index (κ1) is 16.4.